The summed E-state index contributed by atoms with van der Waals surface area (Å²) < 4.78 is 53.5. The number of fused-ring (bicyclic) bond motifs is 1. The van der Waals surface area contributed by atoms with Crippen molar-refractivity contribution in [2.75, 3.05) is 18.4 Å². The first-order valence-corrected chi connectivity index (χ1v) is 8.54. The third-order valence-electron chi connectivity index (χ3n) is 4.53. The van der Waals surface area contributed by atoms with Crippen molar-refractivity contribution in [2.45, 2.75) is 24.8 Å². The zero-order valence-corrected chi connectivity index (χ0v) is 14.4. The van der Waals surface area contributed by atoms with Crippen LogP contribution in [0, 0.1) is 0 Å². The van der Waals surface area contributed by atoms with Gasteiger partial charge in [0.1, 0.15) is 11.9 Å². The predicted molar refractivity (Wildman–Crippen MR) is 92.7 cm³/mol. The number of hydrogen-bond donors (Lipinski definition) is 3. The number of anilines is 1. The first-order valence-electron chi connectivity index (χ1n) is 8.54. The lowest BCUT2D eigenvalue weighted by atomic mass is 10.1. The van der Waals surface area contributed by atoms with Crippen LogP contribution in [0.2, 0.25) is 0 Å². The summed E-state index contributed by atoms with van der Waals surface area (Å²) in [4.78, 5) is 4.20. The van der Waals surface area contributed by atoms with E-state index in [9.17, 15) is 22.7 Å². The average Bonchev–Trinajstić information content (AvgIpc) is 3.12. The van der Waals surface area contributed by atoms with Crippen LogP contribution in [0.15, 0.2) is 30.6 Å². The van der Waals surface area contributed by atoms with E-state index in [1.165, 1.54) is 10.6 Å². The van der Waals surface area contributed by atoms with Crippen LogP contribution < -0.4 is 10.6 Å². The van der Waals surface area contributed by atoms with E-state index in [4.69, 9.17) is 0 Å². The van der Waals surface area contributed by atoms with Gasteiger partial charge in [-0.25, -0.2) is 9.37 Å². The number of rotatable bonds is 3. The maximum Gasteiger partial charge on any atom is 0.416 e. The van der Waals surface area contributed by atoms with Crippen LogP contribution >= 0.6 is 0 Å². The molecule has 0 bridgehead atoms. The quantitative estimate of drug-likeness (QED) is 0.590. The molecule has 11 heteroatoms. The minimum atomic E-state index is -4.57. The SMILES string of the molecule is Oc1cc(C(F)(F)F)ccc1-c1nnc(NC2CNC[C@H](F)C2)c2nccn12. The Bertz CT molecular complexity index is 1000. The number of nitrogens with zero attached hydrogens (tertiary/aromatic N) is 4. The van der Waals surface area contributed by atoms with Gasteiger partial charge in [0.25, 0.3) is 0 Å². The Morgan fingerprint density at radius 1 is 1.21 bits per heavy atom. The molecule has 2 aromatic heterocycles. The normalized spacial score (nSPS) is 20.4. The maximum absolute atomic E-state index is 13.6. The molecule has 3 N–H and O–H groups in total. The van der Waals surface area contributed by atoms with E-state index < -0.39 is 23.7 Å². The molecule has 1 unspecified atom stereocenters. The van der Waals surface area contributed by atoms with Crippen molar-refractivity contribution in [1.82, 2.24) is 24.9 Å². The number of imidazole rings is 1. The van der Waals surface area contributed by atoms with Gasteiger partial charge in [-0.2, -0.15) is 13.2 Å². The Morgan fingerprint density at radius 2 is 2.04 bits per heavy atom. The standard InChI is InChI=1S/C17H16F4N6O/c18-10-6-11(8-22-7-10)24-14-16-23-3-4-27(16)15(26-25-14)12-2-1-9(5-13(12)28)17(19,20)21/h1-5,10-11,22,28H,6-8H2,(H,24,25)/t10-,11?/m1/s1. The largest absolute Gasteiger partial charge is 0.507 e. The molecule has 148 valence electrons. The van der Waals surface area contributed by atoms with Gasteiger partial charge in [-0.3, -0.25) is 4.40 Å². The highest BCUT2D eigenvalue weighted by molar-refractivity contribution is 5.71. The first-order chi connectivity index (χ1) is 13.3. The molecule has 0 saturated carbocycles. The second kappa shape index (κ2) is 6.89. The van der Waals surface area contributed by atoms with Crippen LogP contribution in [-0.4, -0.2) is 50.0 Å². The summed E-state index contributed by atoms with van der Waals surface area (Å²) in [6, 6.07) is 2.43. The van der Waals surface area contributed by atoms with Crippen LogP contribution in [0.3, 0.4) is 0 Å². The number of piperidine rings is 1. The molecule has 1 aliphatic rings. The molecule has 4 rings (SSSR count). The molecule has 2 atom stereocenters. The van der Waals surface area contributed by atoms with Gasteiger partial charge in [0, 0.05) is 37.9 Å². The third-order valence-corrected chi connectivity index (χ3v) is 4.53. The van der Waals surface area contributed by atoms with Gasteiger partial charge >= 0.3 is 6.18 Å². The zero-order valence-electron chi connectivity index (χ0n) is 14.4. The zero-order chi connectivity index (χ0) is 19.9. The summed E-state index contributed by atoms with van der Waals surface area (Å²) in [6.07, 6.45) is -2.20. The molecule has 3 heterocycles. The number of aromatic hydroxyl groups is 1. The highest BCUT2D eigenvalue weighted by Crippen LogP contribution is 2.36. The van der Waals surface area contributed by atoms with Crippen molar-refractivity contribution in [3.8, 4) is 17.1 Å². The van der Waals surface area contributed by atoms with Crippen molar-refractivity contribution in [3.63, 3.8) is 0 Å². The molecule has 0 aliphatic carbocycles. The van der Waals surface area contributed by atoms with Gasteiger partial charge in [-0.05, 0) is 18.2 Å². The van der Waals surface area contributed by atoms with Crippen LogP contribution in [0.25, 0.3) is 17.0 Å². The van der Waals surface area contributed by atoms with Crippen LogP contribution in [0.4, 0.5) is 23.4 Å². The second-order valence-electron chi connectivity index (χ2n) is 6.56. The number of aromatic nitrogens is 4. The highest BCUT2D eigenvalue weighted by atomic mass is 19.4. The molecule has 28 heavy (non-hydrogen) atoms. The van der Waals surface area contributed by atoms with Crippen molar-refractivity contribution >= 4 is 11.5 Å². The molecule has 1 aliphatic heterocycles. The van der Waals surface area contributed by atoms with Crippen LogP contribution in [-0.2, 0) is 6.18 Å². The van der Waals surface area contributed by atoms with E-state index in [1.54, 1.807) is 6.20 Å². The number of alkyl halides is 4. The summed E-state index contributed by atoms with van der Waals surface area (Å²) in [5, 5.41) is 24.3. The third kappa shape index (κ3) is 3.44. The molecular weight excluding hydrogens is 380 g/mol. The number of hydrogen-bond acceptors (Lipinski definition) is 6. The Morgan fingerprint density at radius 3 is 2.75 bits per heavy atom. The summed E-state index contributed by atoms with van der Waals surface area (Å²) in [7, 11) is 0. The van der Waals surface area contributed by atoms with Gasteiger partial charge < -0.3 is 15.7 Å². The van der Waals surface area contributed by atoms with Gasteiger partial charge in [0.15, 0.2) is 17.3 Å². The Hall–Kier alpha value is -2.95. The molecule has 7 nitrogen and oxygen atoms in total. The highest BCUT2D eigenvalue weighted by Gasteiger charge is 2.31. The second-order valence-corrected chi connectivity index (χ2v) is 6.56. The number of benzene rings is 1. The van der Waals surface area contributed by atoms with Gasteiger partial charge in [0.2, 0.25) is 0 Å². The Kier molecular flexibility index (Phi) is 4.53. The minimum Gasteiger partial charge on any atom is -0.507 e. The summed E-state index contributed by atoms with van der Waals surface area (Å²) in [5.41, 5.74) is -0.518. The number of halogens is 4. The molecular formula is C17H16F4N6O. The van der Waals surface area contributed by atoms with E-state index in [-0.39, 0.29) is 17.4 Å². The molecule has 1 aromatic carbocycles. The fourth-order valence-corrected chi connectivity index (χ4v) is 3.21. The first kappa shape index (κ1) is 18.4. The Labute approximate surface area is 156 Å². The van der Waals surface area contributed by atoms with E-state index in [0.717, 1.165) is 12.1 Å². The fraction of sp³-hybridized carbons (Fsp3) is 0.353. The van der Waals surface area contributed by atoms with Crippen molar-refractivity contribution in [1.29, 1.82) is 0 Å². The number of nitrogens with one attached hydrogen (secondary N) is 2. The average molecular weight is 396 g/mol. The number of phenolic OH excluding ortho intramolecular Hbond substituents is 1. The topological polar surface area (TPSA) is 87.4 Å². The lowest BCUT2D eigenvalue weighted by Gasteiger charge is -2.26. The lowest BCUT2D eigenvalue weighted by molar-refractivity contribution is -0.137. The molecule has 0 spiro atoms. The summed E-state index contributed by atoms with van der Waals surface area (Å²) in [6.45, 7) is 0.852. The van der Waals surface area contributed by atoms with Crippen molar-refractivity contribution < 1.29 is 22.7 Å². The predicted octanol–water partition coefficient (Wildman–Crippen LogP) is 2.63. The van der Waals surface area contributed by atoms with Crippen molar-refractivity contribution in [3.05, 3.63) is 36.2 Å². The van der Waals surface area contributed by atoms with E-state index in [1.807, 2.05) is 0 Å². The maximum atomic E-state index is 13.6. The van der Waals surface area contributed by atoms with Crippen LogP contribution in [0.5, 0.6) is 5.75 Å². The summed E-state index contributed by atoms with van der Waals surface area (Å²) in [5.74, 6) is -0.118. The lowest BCUT2D eigenvalue weighted by Crippen LogP contribution is -2.44. The molecule has 0 amide bonds. The van der Waals surface area contributed by atoms with Crippen LogP contribution in [0.1, 0.15) is 12.0 Å². The molecule has 1 fully saturated rings. The Balaban J connectivity index is 1.70. The minimum absolute atomic E-state index is 0.0817. The van der Waals surface area contributed by atoms with E-state index in [0.29, 0.717) is 37.0 Å². The smallest absolute Gasteiger partial charge is 0.416 e. The molecule has 1 saturated heterocycles. The van der Waals surface area contributed by atoms with Crippen molar-refractivity contribution in [2.24, 2.45) is 0 Å². The van der Waals surface area contributed by atoms with E-state index in [2.05, 4.69) is 25.8 Å². The fourth-order valence-electron chi connectivity index (χ4n) is 3.21. The molecule has 0 radical (unpaired) electrons. The van der Waals surface area contributed by atoms with Gasteiger partial charge in [-0.15, -0.1) is 10.2 Å². The molecule has 3 aromatic rings. The number of phenols is 1. The van der Waals surface area contributed by atoms with E-state index >= 15 is 0 Å². The van der Waals surface area contributed by atoms with Gasteiger partial charge in [-0.1, -0.05) is 0 Å². The monoisotopic (exact) mass is 396 g/mol. The summed E-state index contributed by atoms with van der Waals surface area (Å²) >= 11 is 0. The van der Waals surface area contributed by atoms with Gasteiger partial charge in [0.05, 0.1) is 11.1 Å².